The summed E-state index contributed by atoms with van der Waals surface area (Å²) in [5, 5.41) is 2.93. The molecule has 1 heterocycles. The van der Waals surface area contributed by atoms with Gasteiger partial charge in [-0.1, -0.05) is 43.2 Å². The van der Waals surface area contributed by atoms with Gasteiger partial charge in [0.05, 0.1) is 11.8 Å². The molecule has 3 amide bonds. The average molecular weight is 388 g/mol. The maximum Gasteiger partial charge on any atom is 0.233 e. The van der Waals surface area contributed by atoms with Gasteiger partial charge in [-0.25, -0.2) is 0 Å². The molecule has 1 N–H and O–H groups in total. The van der Waals surface area contributed by atoms with Gasteiger partial charge < -0.3 is 5.32 Å². The molecule has 148 valence electrons. The number of hydrogen-bond donors (Lipinski definition) is 1. The topological polar surface area (TPSA) is 66.5 Å². The molecule has 2 aliphatic carbocycles. The fourth-order valence-electron chi connectivity index (χ4n) is 5.11. The summed E-state index contributed by atoms with van der Waals surface area (Å²) in [6.45, 7) is 0.173. The zero-order chi connectivity index (χ0) is 20.0. The van der Waals surface area contributed by atoms with Crippen molar-refractivity contribution < 1.29 is 14.4 Å². The van der Waals surface area contributed by atoms with Crippen LogP contribution in [0, 0.1) is 11.8 Å². The summed E-state index contributed by atoms with van der Waals surface area (Å²) in [5.74, 6) is -0.642. The number of carbonyl (C=O) groups excluding carboxylic acids is 3. The smallest absolute Gasteiger partial charge is 0.233 e. The van der Waals surface area contributed by atoms with E-state index in [0.29, 0.717) is 0 Å². The Bertz CT molecular complexity index is 989. The Kier molecular flexibility index (Phi) is 4.46. The van der Waals surface area contributed by atoms with Crippen molar-refractivity contribution in [3.8, 4) is 11.1 Å². The van der Waals surface area contributed by atoms with E-state index in [2.05, 4.69) is 23.5 Å². The number of carbonyl (C=O) groups is 3. The van der Waals surface area contributed by atoms with Crippen LogP contribution in [-0.2, 0) is 20.8 Å². The van der Waals surface area contributed by atoms with Crippen molar-refractivity contribution in [2.24, 2.45) is 11.8 Å². The van der Waals surface area contributed by atoms with E-state index in [1.54, 1.807) is 0 Å². The molecule has 5 nitrogen and oxygen atoms in total. The zero-order valence-electron chi connectivity index (χ0n) is 16.3. The van der Waals surface area contributed by atoms with Gasteiger partial charge >= 0.3 is 0 Å². The highest BCUT2D eigenvalue weighted by Crippen LogP contribution is 2.39. The molecule has 1 aliphatic heterocycles. The van der Waals surface area contributed by atoms with Crippen LogP contribution in [-0.4, -0.2) is 29.2 Å². The molecule has 3 aliphatic rings. The molecular weight excluding hydrogens is 364 g/mol. The quantitative estimate of drug-likeness (QED) is 0.692. The summed E-state index contributed by atoms with van der Waals surface area (Å²) >= 11 is 0. The fraction of sp³-hybridized carbons (Fsp3) is 0.375. The normalized spacial score (nSPS) is 22.3. The number of rotatable bonds is 4. The molecule has 2 fully saturated rings. The van der Waals surface area contributed by atoms with E-state index in [1.165, 1.54) is 27.2 Å². The van der Waals surface area contributed by atoms with Crippen molar-refractivity contribution in [2.75, 3.05) is 11.9 Å². The lowest BCUT2D eigenvalue weighted by Gasteiger charge is -2.19. The first-order valence-corrected chi connectivity index (χ1v) is 10.5. The minimum absolute atomic E-state index is 0.0807. The molecule has 0 spiro atoms. The van der Waals surface area contributed by atoms with E-state index < -0.39 is 0 Å². The summed E-state index contributed by atoms with van der Waals surface area (Å²) in [5.41, 5.74) is 5.74. The maximum absolute atomic E-state index is 12.5. The number of nitrogens with one attached hydrogen (secondary N) is 1. The van der Waals surface area contributed by atoms with Crippen LogP contribution in [0.5, 0.6) is 0 Å². The highest BCUT2D eigenvalue weighted by atomic mass is 16.2. The molecule has 1 saturated carbocycles. The predicted molar refractivity (Wildman–Crippen MR) is 110 cm³/mol. The monoisotopic (exact) mass is 388 g/mol. The number of amides is 3. The van der Waals surface area contributed by atoms with Crippen LogP contribution >= 0.6 is 0 Å². The van der Waals surface area contributed by atoms with Crippen LogP contribution in [0.1, 0.15) is 43.2 Å². The molecule has 5 rings (SSSR count). The van der Waals surface area contributed by atoms with Gasteiger partial charge in [0, 0.05) is 18.7 Å². The SMILES string of the molecule is O=C(CCN1C(=O)[C@H]2CCCC[C@H]2C1=O)Nc1ccc2c(c1)Cc1ccccc1-2. The highest BCUT2D eigenvalue weighted by Gasteiger charge is 2.47. The molecule has 2 aromatic carbocycles. The molecule has 5 heteroatoms. The molecule has 0 bridgehead atoms. The van der Waals surface area contributed by atoms with Crippen LogP contribution in [0.15, 0.2) is 42.5 Å². The van der Waals surface area contributed by atoms with Gasteiger partial charge in [0.1, 0.15) is 0 Å². The Balaban J connectivity index is 1.21. The molecule has 2 aromatic rings. The Morgan fingerprint density at radius 1 is 0.931 bits per heavy atom. The Morgan fingerprint density at radius 3 is 2.38 bits per heavy atom. The number of benzene rings is 2. The predicted octanol–water partition coefficient (Wildman–Crippen LogP) is 3.76. The largest absolute Gasteiger partial charge is 0.326 e. The van der Waals surface area contributed by atoms with Crippen LogP contribution in [0.4, 0.5) is 5.69 Å². The van der Waals surface area contributed by atoms with E-state index in [4.69, 9.17) is 0 Å². The van der Waals surface area contributed by atoms with Gasteiger partial charge in [-0.2, -0.15) is 0 Å². The van der Waals surface area contributed by atoms with Gasteiger partial charge in [0.2, 0.25) is 17.7 Å². The highest BCUT2D eigenvalue weighted by molar-refractivity contribution is 6.05. The molecule has 0 aromatic heterocycles. The van der Waals surface area contributed by atoms with Crippen LogP contribution in [0.2, 0.25) is 0 Å². The van der Waals surface area contributed by atoms with Crippen molar-refractivity contribution in [1.82, 2.24) is 4.90 Å². The first-order chi connectivity index (χ1) is 14.1. The lowest BCUT2D eigenvalue weighted by Crippen LogP contribution is -2.34. The summed E-state index contributed by atoms with van der Waals surface area (Å²) in [4.78, 5) is 38.8. The van der Waals surface area contributed by atoms with Gasteiger partial charge in [-0.05, 0) is 53.6 Å². The van der Waals surface area contributed by atoms with Crippen molar-refractivity contribution in [3.63, 3.8) is 0 Å². The Labute approximate surface area is 170 Å². The summed E-state index contributed by atoms with van der Waals surface area (Å²) in [7, 11) is 0. The minimum atomic E-state index is -0.170. The number of imide groups is 1. The number of hydrogen-bond acceptors (Lipinski definition) is 3. The van der Waals surface area contributed by atoms with Crippen LogP contribution in [0.3, 0.4) is 0 Å². The van der Waals surface area contributed by atoms with E-state index in [9.17, 15) is 14.4 Å². The molecule has 0 unspecified atom stereocenters. The van der Waals surface area contributed by atoms with Crippen molar-refractivity contribution in [3.05, 3.63) is 53.6 Å². The number of anilines is 1. The van der Waals surface area contributed by atoms with Gasteiger partial charge in [-0.3, -0.25) is 19.3 Å². The first-order valence-electron chi connectivity index (χ1n) is 10.5. The Hall–Kier alpha value is -2.95. The maximum atomic E-state index is 12.5. The molecule has 1 saturated heterocycles. The number of nitrogens with zero attached hydrogens (tertiary/aromatic N) is 1. The lowest BCUT2D eigenvalue weighted by atomic mass is 9.81. The second kappa shape index (κ2) is 7.14. The van der Waals surface area contributed by atoms with Crippen LogP contribution in [0.25, 0.3) is 11.1 Å². The van der Waals surface area contributed by atoms with Gasteiger partial charge in [0.15, 0.2) is 0 Å². The van der Waals surface area contributed by atoms with Crippen LogP contribution < -0.4 is 5.32 Å². The van der Waals surface area contributed by atoms with Gasteiger partial charge in [-0.15, -0.1) is 0 Å². The Morgan fingerprint density at radius 2 is 1.62 bits per heavy atom. The molecule has 2 atom stereocenters. The average Bonchev–Trinajstić information content (AvgIpc) is 3.22. The second-order valence-corrected chi connectivity index (χ2v) is 8.33. The number of likely N-dealkylation sites (tertiary alicyclic amines) is 1. The lowest BCUT2D eigenvalue weighted by molar-refractivity contribution is -0.140. The fourth-order valence-corrected chi connectivity index (χ4v) is 5.11. The summed E-state index contributed by atoms with van der Waals surface area (Å²) in [6, 6.07) is 14.3. The number of fused-ring (bicyclic) bond motifs is 4. The van der Waals surface area contributed by atoms with E-state index >= 15 is 0 Å². The van der Waals surface area contributed by atoms with E-state index in [0.717, 1.165) is 37.8 Å². The summed E-state index contributed by atoms with van der Waals surface area (Å²) in [6.07, 6.45) is 4.63. The summed E-state index contributed by atoms with van der Waals surface area (Å²) < 4.78 is 0. The zero-order valence-corrected chi connectivity index (χ0v) is 16.3. The van der Waals surface area contributed by atoms with E-state index in [1.807, 2.05) is 24.3 Å². The third kappa shape index (κ3) is 3.15. The standard InChI is InChI=1S/C24H24N2O3/c27-22(11-12-26-23(28)20-7-3-4-8-21(20)24(26)29)25-17-9-10-19-16(14-17)13-15-5-1-2-6-18(15)19/h1-2,5-6,9-10,14,20-21H,3-4,7-8,11-13H2,(H,25,27)/t20-,21+. The van der Waals surface area contributed by atoms with Gasteiger partial charge in [0.25, 0.3) is 0 Å². The third-order valence-electron chi connectivity index (χ3n) is 6.57. The van der Waals surface area contributed by atoms with Crippen molar-refractivity contribution in [1.29, 1.82) is 0 Å². The minimum Gasteiger partial charge on any atom is -0.326 e. The van der Waals surface area contributed by atoms with E-state index in [-0.39, 0.29) is 42.5 Å². The molecule has 0 radical (unpaired) electrons. The van der Waals surface area contributed by atoms with Crippen molar-refractivity contribution in [2.45, 2.75) is 38.5 Å². The molecular formula is C24H24N2O3. The first kappa shape index (κ1) is 18.1. The molecule has 29 heavy (non-hydrogen) atoms. The van der Waals surface area contributed by atoms with Crippen molar-refractivity contribution >= 4 is 23.4 Å². The third-order valence-corrected chi connectivity index (χ3v) is 6.57. The second-order valence-electron chi connectivity index (χ2n) is 8.33.